The summed E-state index contributed by atoms with van der Waals surface area (Å²) in [5, 5.41) is 5.06. The van der Waals surface area contributed by atoms with Crippen LogP contribution < -0.4 is 10.2 Å². The Balaban J connectivity index is 1.44. The van der Waals surface area contributed by atoms with Gasteiger partial charge in [0.25, 0.3) is 0 Å². The van der Waals surface area contributed by atoms with Gasteiger partial charge < -0.3 is 9.30 Å². The number of hydrogen-bond donors (Lipinski definition) is 1. The minimum absolute atomic E-state index is 0.416. The van der Waals surface area contributed by atoms with Crippen molar-refractivity contribution in [1.82, 2.24) is 9.55 Å². The van der Waals surface area contributed by atoms with Gasteiger partial charge in [0.15, 0.2) is 0 Å². The van der Waals surface area contributed by atoms with E-state index >= 15 is 0 Å². The molecule has 3 aromatic carbocycles. The molecule has 1 aromatic heterocycles. The number of ether oxygens (including phenoxy) is 1. The molecular weight excluding hydrogens is 384 g/mol. The lowest BCUT2D eigenvalue weighted by Gasteiger charge is -2.08. The number of nitrogens with one attached hydrogen (secondary N) is 1. The fourth-order valence-electron chi connectivity index (χ4n) is 3.11. The summed E-state index contributed by atoms with van der Waals surface area (Å²) < 4.78 is 7.96. The van der Waals surface area contributed by atoms with Gasteiger partial charge in [-0.15, -0.1) is 0 Å². The van der Waals surface area contributed by atoms with Crippen LogP contribution in [0.15, 0.2) is 77.9 Å². The van der Waals surface area contributed by atoms with E-state index in [0.717, 1.165) is 40.4 Å². The Labute approximate surface area is 174 Å². The number of aromatic nitrogens is 2. The number of fused-ring (bicyclic) bond motifs is 1. The van der Waals surface area contributed by atoms with E-state index < -0.39 is 0 Å². The topological polar surface area (TPSA) is 51.4 Å². The van der Waals surface area contributed by atoms with E-state index in [-0.39, 0.29) is 0 Å². The van der Waals surface area contributed by atoms with Crippen LogP contribution in [-0.2, 0) is 13.2 Å². The second-order valence-corrected chi connectivity index (χ2v) is 6.90. The molecule has 0 saturated heterocycles. The average Bonchev–Trinajstić information content (AvgIpc) is 3.11. The van der Waals surface area contributed by atoms with Gasteiger partial charge in [-0.25, -0.2) is 10.4 Å². The van der Waals surface area contributed by atoms with Gasteiger partial charge >= 0.3 is 0 Å². The lowest BCUT2D eigenvalue weighted by atomic mass is 10.2. The van der Waals surface area contributed by atoms with Crippen LogP contribution in [0, 0.1) is 0 Å². The Morgan fingerprint density at radius 2 is 1.90 bits per heavy atom. The van der Waals surface area contributed by atoms with Gasteiger partial charge in [0.2, 0.25) is 5.95 Å². The molecule has 0 saturated carbocycles. The number of halogens is 1. The van der Waals surface area contributed by atoms with Gasteiger partial charge in [-0.3, -0.25) is 0 Å². The highest BCUT2D eigenvalue weighted by atomic mass is 35.5. The standard InChI is InChI=1S/C23H21ClN4O/c1-2-28-22-13-6-5-12-21(22)26-23(28)27-25-15-17-8-7-10-19(14-17)29-16-18-9-3-4-11-20(18)24/h3-15H,2,16H2,1H3,(H,26,27)/b25-15-. The van der Waals surface area contributed by atoms with Crippen LogP contribution in [0.3, 0.4) is 0 Å². The first-order valence-electron chi connectivity index (χ1n) is 9.45. The number of nitrogens with zero attached hydrogens (tertiary/aromatic N) is 3. The summed E-state index contributed by atoms with van der Waals surface area (Å²) >= 11 is 6.19. The Morgan fingerprint density at radius 3 is 2.76 bits per heavy atom. The minimum Gasteiger partial charge on any atom is -0.489 e. The Morgan fingerprint density at radius 1 is 1.07 bits per heavy atom. The summed E-state index contributed by atoms with van der Waals surface area (Å²) in [7, 11) is 0. The lowest BCUT2D eigenvalue weighted by Crippen LogP contribution is -2.02. The van der Waals surface area contributed by atoms with Crippen LogP contribution >= 0.6 is 11.6 Å². The molecule has 1 N–H and O–H groups in total. The summed E-state index contributed by atoms with van der Waals surface area (Å²) in [5.74, 6) is 1.48. The summed E-state index contributed by atoms with van der Waals surface area (Å²) in [5.41, 5.74) is 6.96. The maximum Gasteiger partial charge on any atom is 0.224 e. The quantitative estimate of drug-likeness (QED) is 0.316. The van der Waals surface area contributed by atoms with Gasteiger partial charge in [-0.05, 0) is 42.8 Å². The first-order chi connectivity index (χ1) is 14.2. The van der Waals surface area contributed by atoms with Gasteiger partial charge in [0, 0.05) is 17.1 Å². The number of hydrazone groups is 1. The van der Waals surface area contributed by atoms with Crippen molar-refractivity contribution in [2.24, 2.45) is 5.10 Å². The first kappa shape index (κ1) is 19.0. The molecule has 0 aliphatic carbocycles. The second kappa shape index (κ2) is 8.80. The molecule has 6 heteroatoms. The molecule has 1 heterocycles. The molecule has 29 heavy (non-hydrogen) atoms. The summed E-state index contributed by atoms with van der Waals surface area (Å²) in [4.78, 5) is 4.60. The number of anilines is 1. The molecule has 0 spiro atoms. The van der Waals surface area contributed by atoms with Crippen molar-refractivity contribution < 1.29 is 4.74 Å². The number of aryl methyl sites for hydroxylation is 1. The zero-order valence-corrected chi connectivity index (χ0v) is 16.8. The number of imidazole rings is 1. The van der Waals surface area contributed by atoms with Crippen molar-refractivity contribution in [3.05, 3.63) is 88.9 Å². The monoisotopic (exact) mass is 404 g/mol. The SMILES string of the molecule is CCn1c(N/N=C\c2cccc(OCc3ccccc3Cl)c2)nc2ccccc21. The fourth-order valence-corrected chi connectivity index (χ4v) is 3.30. The third-order valence-electron chi connectivity index (χ3n) is 4.56. The Kier molecular flexibility index (Phi) is 5.77. The van der Waals surface area contributed by atoms with E-state index in [4.69, 9.17) is 16.3 Å². The van der Waals surface area contributed by atoms with Crippen LogP contribution in [0.4, 0.5) is 5.95 Å². The van der Waals surface area contributed by atoms with Crippen LogP contribution in [0.5, 0.6) is 5.75 Å². The van der Waals surface area contributed by atoms with E-state index in [9.17, 15) is 0 Å². The van der Waals surface area contributed by atoms with E-state index in [1.165, 1.54) is 0 Å². The summed E-state index contributed by atoms with van der Waals surface area (Å²) in [6, 6.07) is 23.5. The maximum atomic E-state index is 6.19. The zero-order chi connectivity index (χ0) is 20.1. The molecule has 4 aromatic rings. The van der Waals surface area contributed by atoms with Gasteiger partial charge in [0.05, 0.1) is 17.2 Å². The smallest absolute Gasteiger partial charge is 0.224 e. The van der Waals surface area contributed by atoms with Crippen LogP contribution in [0.25, 0.3) is 11.0 Å². The second-order valence-electron chi connectivity index (χ2n) is 6.49. The molecule has 0 unspecified atom stereocenters. The van der Waals surface area contributed by atoms with Crippen LogP contribution in [0.1, 0.15) is 18.1 Å². The molecule has 146 valence electrons. The molecule has 0 aliphatic heterocycles. The molecule has 0 radical (unpaired) electrons. The van der Waals surface area contributed by atoms with E-state index in [1.54, 1.807) is 6.21 Å². The van der Waals surface area contributed by atoms with Crippen molar-refractivity contribution in [2.45, 2.75) is 20.1 Å². The third kappa shape index (κ3) is 4.41. The maximum absolute atomic E-state index is 6.19. The molecule has 0 bridgehead atoms. The highest BCUT2D eigenvalue weighted by Crippen LogP contribution is 2.20. The predicted molar refractivity (Wildman–Crippen MR) is 119 cm³/mol. The van der Waals surface area contributed by atoms with E-state index in [2.05, 4.69) is 33.1 Å². The average molecular weight is 405 g/mol. The largest absolute Gasteiger partial charge is 0.489 e. The number of benzene rings is 3. The predicted octanol–water partition coefficient (Wildman–Crippen LogP) is 5.73. The van der Waals surface area contributed by atoms with Gasteiger partial charge in [0.1, 0.15) is 12.4 Å². The van der Waals surface area contributed by atoms with E-state index in [0.29, 0.717) is 11.6 Å². The van der Waals surface area contributed by atoms with Crippen LogP contribution in [0.2, 0.25) is 5.02 Å². The third-order valence-corrected chi connectivity index (χ3v) is 4.93. The molecule has 0 fully saturated rings. The summed E-state index contributed by atoms with van der Waals surface area (Å²) in [6.07, 6.45) is 1.75. The van der Waals surface area contributed by atoms with Crippen molar-refractivity contribution in [1.29, 1.82) is 0 Å². The molecule has 0 aliphatic rings. The summed E-state index contributed by atoms with van der Waals surface area (Å²) in [6.45, 7) is 3.31. The highest BCUT2D eigenvalue weighted by molar-refractivity contribution is 6.31. The van der Waals surface area contributed by atoms with Crippen molar-refractivity contribution >= 4 is 34.8 Å². The molecule has 0 atom stereocenters. The van der Waals surface area contributed by atoms with Crippen molar-refractivity contribution in [2.75, 3.05) is 5.43 Å². The lowest BCUT2D eigenvalue weighted by molar-refractivity contribution is 0.306. The van der Waals surface area contributed by atoms with Crippen LogP contribution in [-0.4, -0.2) is 15.8 Å². The van der Waals surface area contributed by atoms with Gasteiger partial charge in [-0.1, -0.05) is 54.1 Å². The first-order valence-corrected chi connectivity index (χ1v) is 9.83. The Hall–Kier alpha value is -3.31. The molecule has 0 amide bonds. The van der Waals surface area contributed by atoms with Crippen molar-refractivity contribution in [3.63, 3.8) is 0 Å². The molecule has 5 nitrogen and oxygen atoms in total. The normalized spacial score (nSPS) is 11.2. The number of para-hydroxylation sites is 2. The minimum atomic E-state index is 0.416. The fraction of sp³-hybridized carbons (Fsp3) is 0.130. The molecule has 4 rings (SSSR count). The molecular formula is C23H21ClN4O. The Bertz CT molecular complexity index is 1150. The van der Waals surface area contributed by atoms with Crippen molar-refractivity contribution in [3.8, 4) is 5.75 Å². The highest BCUT2D eigenvalue weighted by Gasteiger charge is 2.07. The van der Waals surface area contributed by atoms with Gasteiger partial charge in [-0.2, -0.15) is 5.10 Å². The number of rotatable bonds is 7. The zero-order valence-electron chi connectivity index (χ0n) is 16.0. The number of hydrogen-bond acceptors (Lipinski definition) is 4. The van der Waals surface area contributed by atoms with E-state index in [1.807, 2.05) is 66.7 Å².